The van der Waals surface area contributed by atoms with Gasteiger partial charge in [0.2, 0.25) is 0 Å². The summed E-state index contributed by atoms with van der Waals surface area (Å²) in [6.45, 7) is 0. The van der Waals surface area contributed by atoms with Crippen LogP contribution >= 0.6 is 0 Å². The summed E-state index contributed by atoms with van der Waals surface area (Å²) in [7, 11) is 0. The van der Waals surface area contributed by atoms with Crippen molar-refractivity contribution in [1.82, 2.24) is 0 Å². The predicted molar refractivity (Wildman–Crippen MR) is 159 cm³/mol. The second kappa shape index (κ2) is 8.79. The van der Waals surface area contributed by atoms with Gasteiger partial charge in [0.25, 0.3) is 0 Å². The van der Waals surface area contributed by atoms with Gasteiger partial charge in [0.05, 0.1) is 9.68 Å². The van der Waals surface area contributed by atoms with Crippen molar-refractivity contribution in [3.05, 3.63) is 133 Å². The van der Waals surface area contributed by atoms with E-state index in [1.54, 1.807) is 0 Å². The third-order valence-electron chi connectivity index (χ3n) is 7.29. The van der Waals surface area contributed by atoms with Gasteiger partial charge in [-0.2, -0.15) is 0 Å². The van der Waals surface area contributed by atoms with Gasteiger partial charge in [-0.3, -0.25) is 0 Å². The van der Waals surface area contributed by atoms with E-state index in [0.717, 1.165) is 38.2 Å². The minimum Gasteiger partial charge on any atom is -0.507 e. The van der Waals surface area contributed by atoms with Crippen LogP contribution < -0.4 is 0 Å². The molecule has 0 heterocycles. The van der Waals surface area contributed by atoms with Gasteiger partial charge in [-0.25, -0.2) is 0 Å². The number of fused-ring (bicyclic) bond motifs is 3. The molecule has 2 heteroatoms. The molecule has 0 radical (unpaired) electrons. The molecule has 0 amide bonds. The van der Waals surface area contributed by atoms with E-state index >= 15 is 0 Å². The smallest absolute Gasteiger partial charge is 0.127 e. The van der Waals surface area contributed by atoms with Crippen LogP contribution in [-0.2, 0) is 0 Å². The van der Waals surface area contributed by atoms with Crippen molar-refractivity contribution in [2.24, 2.45) is 0 Å². The van der Waals surface area contributed by atoms with Gasteiger partial charge in [-0.05, 0) is 66.7 Å². The highest BCUT2D eigenvalue weighted by Crippen LogP contribution is 2.48. The van der Waals surface area contributed by atoms with Crippen LogP contribution in [0, 0.1) is 0 Å². The van der Waals surface area contributed by atoms with Crippen LogP contribution in [0.2, 0.25) is 0 Å². The number of hydrogen-bond acceptors (Lipinski definition) is 2. The fraction of sp³-hybridized carbons (Fsp3) is 0. The first-order valence-electron chi connectivity index (χ1n) is 14.0. The summed E-state index contributed by atoms with van der Waals surface area (Å²) in [5, 5.41) is 27.7. The SMILES string of the molecule is [2H]c1c([2H])c(O)c(-c2c3ccccc3c(-c3ccc(-c4cccc5ccccc45)cc3)c3ccccc23)c(O)c1[2H]. The Labute approximate surface area is 224 Å². The zero-order chi connectivity index (χ0) is 28.2. The molecule has 7 aromatic rings. The van der Waals surface area contributed by atoms with Crippen molar-refractivity contribution in [2.45, 2.75) is 0 Å². The van der Waals surface area contributed by atoms with Crippen LogP contribution in [0.15, 0.2) is 133 Å². The summed E-state index contributed by atoms with van der Waals surface area (Å²) in [5.41, 5.74) is 4.85. The Morgan fingerprint density at radius 1 is 0.421 bits per heavy atom. The highest BCUT2D eigenvalue weighted by Gasteiger charge is 2.20. The number of phenolic OH excluding ortho intramolecular Hbond substituents is 2. The van der Waals surface area contributed by atoms with Crippen LogP contribution in [0.5, 0.6) is 11.5 Å². The Hall–Kier alpha value is -5.08. The molecule has 7 rings (SSSR count). The molecule has 0 aliphatic heterocycles. The Balaban J connectivity index is 1.51. The summed E-state index contributed by atoms with van der Waals surface area (Å²) in [6.07, 6.45) is 0. The van der Waals surface area contributed by atoms with Gasteiger partial charge in [-0.15, -0.1) is 0 Å². The van der Waals surface area contributed by atoms with Gasteiger partial charge < -0.3 is 10.2 Å². The van der Waals surface area contributed by atoms with Crippen LogP contribution in [0.25, 0.3) is 65.7 Å². The van der Waals surface area contributed by atoms with Crippen LogP contribution in [0.3, 0.4) is 0 Å². The van der Waals surface area contributed by atoms with Crippen molar-refractivity contribution < 1.29 is 14.3 Å². The van der Waals surface area contributed by atoms with E-state index in [4.69, 9.17) is 4.11 Å². The summed E-state index contributed by atoms with van der Waals surface area (Å²) in [6, 6.07) is 37.3. The lowest BCUT2D eigenvalue weighted by molar-refractivity contribution is 0.454. The minimum atomic E-state index is -0.514. The van der Waals surface area contributed by atoms with Crippen molar-refractivity contribution in [3.8, 4) is 44.9 Å². The van der Waals surface area contributed by atoms with E-state index < -0.39 is 29.6 Å². The van der Waals surface area contributed by atoms with Crippen LogP contribution in [0.4, 0.5) is 0 Å². The minimum absolute atomic E-state index is 0.00116. The maximum absolute atomic E-state index is 11.0. The molecule has 2 N–H and O–H groups in total. The molecule has 0 atom stereocenters. The fourth-order valence-corrected chi connectivity index (χ4v) is 5.63. The molecule has 0 bridgehead atoms. The maximum Gasteiger partial charge on any atom is 0.127 e. The highest BCUT2D eigenvalue weighted by molar-refractivity contribution is 6.22. The second-order valence-electron chi connectivity index (χ2n) is 9.39. The molecule has 0 unspecified atom stereocenters. The molecule has 0 spiro atoms. The predicted octanol–water partition coefficient (Wildman–Crippen LogP) is 9.56. The van der Waals surface area contributed by atoms with Crippen LogP contribution in [-0.4, -0.2) is 10.2 Å². The topological polar surface area (TPSA) is 40.5 Å². The van der Waals surface area contributed by atoms with E-state index in [1.807, 2.05) is 54.6 Å². The average Bonchev–Trinajstić information content (AvgIpc) is 3.02. The van der Waals surface area contributed by atoms with Crippen molar-refractivity contribution >= 4 is 32.3 Å². The van der Waals surface area contributed by atoms with Crippen LogP contribution in [0.1, 0.15) is 4.11 Å². The molecular formula is C36H24O2. The van der Waals surface area contributed by atoms with E-state index in [2.05, 4.69) is 60.7 Å². The molecule has 0 fully saturated rings. The summed E-state index contributed by atoms with van der Waals surface area (Å²) in [5.74, 6) is -1.02. The largest absolute Gasteiger partial charge is 0.507 e. The van der Waals surface area contributed by atoms with Gasteiger partial charge in [0, 0.05) is 5.56 Å². The zero-order valence-electron chi connectivity index (χ0n) is 23.4. The number of rotatable bonds is 3. The Kier molecular flexibility index (Phi) is 4.42. The number of hydrogen-bond donors (Lipinski definition) is 2. The molecule has 0 aromatic heterocycles. The lowest BCUT2D eigenvalue weighted by atomic mass is 9.85. The fourth-order valence-electron chi connectivity index (χ4n) is 5.63. The van der Waals surface area contributed by atoms with Crippen molar-refractivity contribution in [1.29, 1.82) is 0 Å². The quantitative estimate of drug-likeness (QED) is 0.242. The third kappa shape index (κ3) is 3.42. The molecule has 38 heavy (non-hydrogen) atoms. The van der Waals surface area contributed by atoms with E-state index in [1.165, 1.54) is 16.3 Å². The molecule has 2 nitrogen and oxygen atoms in total. The summed E-state index contributed by atoms with van der Waals surface area (Å²) < 4.78 is 24.5. The molecule has 0 saturated carbocycles. The first-order chi connectivity index (χ1) is 20.0. The Bertz CT molecular complexity index is 2060. The normalized spacial score (nSPS) is 12.5. The third-order valence-corrected chi connectivity index (χ3v) is 7.29. The molecule has 0 saturated heterocycles. The average molecular weight is 492 g/mol. The molecular weight excluding hydrogens is 464 g/mol. The summed E-state index contributed by atoms with van der Waals surface area (Å²) >= 11 is 0. The zero-order valence-corrected chi connectivity index (χ0v) is 20.4. The van der Waals surface area contributed by atoms with E-state index in [-0.39, 0.29) is 5.56 Å². The van der Waals surface area contributed by atoms with E-state index in [0.29, 0.717) is 5.56 Å². The summed E-state index contributed by atoms with van der Waals surface area (Å²) in [4.78, 5) is 0. The second-order valence-corrected chi connectivity index (χ2v) is 9.39. The Morgan fingerprint density at radius 3 is 1.50 bits per heavy atom. The highest BCUT2D eigenvalue weighted by atomic mass is 16.3. The number of aromatic hydroxyl groups is 2. The molecule has 0 aliphatic rings. The van der Waals surface area contributed by atoms with Gasteiger partial charge in [-0.1, -0.05) is 121 Å². The van der Waals surface area contributed by atoms with Gasteiger partial charge in [0.1, 0.15) is 11.5 Å². The first-order valence-corrected chi connectivity index (χ1v) is 12.5. The molecule has 7 aromatic carbocycles. The first kappa shape index (κ1) is 19.1. The number of phenols is 2. The Morgan fingerprint density at radius 2 is 0.895 bits per heavy atom. The van der Waals surface area contributed by atoms with Gasteiger partial charge in [0.15, 0.2) is 0 Å². The molecule has 180 valence electrons. The maximum atomic E-state index is 11.0. The lowest BCUT2D eigenvalue weighted by Gasteiger charge is -2.19. The van der Waals surface area contributed by atoms with E-state index in [9.17, 15) is 10.2 Å². The lowest BCUT2D eigenvalue weighted by Crippen LogP contribution is -1.91. The number of benzene rings is 7. The molecule has 0 aliphatic carbocycles. The monoisotopic (exact) mass is 491 g/mol. The standard InChI is InChI=1S/C36H24O2/c37-32-17-8-18-33(38)36(32)35-30-14-5-3-12-28(30)34(29-13-4-6-15-31(29)35)25-21-19-24(20-22-25)27-16-7-10-23-9-1-2-11-26(23)27/h1-22,37-38H/i8D,17D,18D. The van der Waals surface area contributed by atoms with Crippen molar-refractivity contribution in [2.75, 3.05) is 0 Å². The van der Waals surface area contributed by atoms with Crippen molar-refractivity contribution in [3.63, 3.8) is 0 Å². The van der Waals surface area contributed by atoms with Gasteiger partial charge >= 0.3 is 0 Å².